The van der Waals surface area contributed by atoms with Gasteiger partial charge in [-0.15, -0.1) is 0 Å². The Morgan fingerprint density at radius 2 is 2.00 bits per heavy atom. The number of pyridine rings is 1. The number of hydrogen-bond acceptors (Lipinski definition) is 2. The van der Waals surface area contributed by atoms with Crippen molar-refractivity contribution in [2.75, 3.05) is 0 Å². The highest BCUT2D eigenvalue weighted by atomic mass is 127. The Bertz CT molecular complexity index is 489. The lowest BCUT2D eigenvalue weighted by Gasteiger charge is -2.05. The number of nitrogens with zero attached hydrogens (tertiary/aromatic N) is 2. The second-order valence-corrected chi connectivity index (χ2v) is 4.03. The van der Waals surface area contributed by atoms with Crippen LogP contribution in [0.3, 0.4) is 0 Å². The van der Waals surface area contributed by atoms with Gasteiger partial charge in [-0.25, -0.2) is 4.98 Å². The van der Waals surface area contributed by atoms with E-state index in [0.29, 0.717) is 15.1 Å². The van der Waals surface area contributed by atoms with Crippen molar-refractivity contribution in [3.8, 4) is 11.3 Å². The van der Waals surface area contributed by atoms with Crippen molar-refractivity contribution < 1.29 is 13.2 Å². The SMILES string of the molecule is FC(F)(F)c1ccc(-c2c[nH]c(I)n2)cn1. The largest absolute Gasteiger partial charge is 0.433 e. The highest BCUT2D eigenvalue weighted by molar-refractivity contribution is 14.1. The monoisotopic (exact) mass is 339 g/mol. The van der Waals surface area contributed by atoms with Crippen LogP contribution < -0.4 is 0 Å². The fourth-order valence-electron chi connectivity index (χ4n) is 1.16. The molecule has 0 unspecified atom stereocenters. The fraction of sp³-hybridized carbons (Fsp3) is 0.111. The van der Waals surface area contributed by atoms with E-state index in [2.05, 4.69) is 15.0 Å². The molecule has 2 aromatic heterocycles. The smallest absolute Gasteiger partial charge is 0.339 e. The lowest BCUT2D eigenvalue weighted by molar-refractivity contribution is -0.141. The van der Waals surface area contributed by atoms with Crippen LogP contribution in [0.5, 0.6) is 0 Å². The van der Waals surface area contributed by atoms with Crippen LogP contribution in [0.4, 0.5) is 13.2 Å². The first-order valence-electron chi connectivity index (χ1n) is 4.21. The zero-order valence-electron chi connectivity index (χ0n) is 7.72. The molecule has 0 aliphatic heterocycles. The summed E-state index contributed by atoms with van der Waals surface area (Å²) in [7, 11) is 0. The molecule has 16 heavy (non-hydrogen) atoms. The number of halogens is 4. The van der Waals surface area contributed by atoms with Gasteiger partial charge in [0.15, 0.2) is 3.83 Å². The van der Waals surface area contributed by atoms with Crippen molar-refractivity contribution in [3.63, 3.8) is 0 Å². The Morgan fingerprint density at radius 3 is 2.44 bits per heavy atom. The van der Waals surface area contributed by atoms with Crippen LogP contribution in [0.25, 0.3) is 11.3 Å². The van der Waals surface area contributed by atoms with Crippen molar-refractivity contribution >= 4 is 22.6 Å². The van der Waals surface area contributed by atoms with Crippen molar-refractivity contribution in [2.45, 2.75) is 6.18 Å². The molecule has 2 heterocycles. The third kappa shape index (κ3) is 2.34. The van der Waals surface area contributed by atoms with Crippen LogP contribution >= 0.6 is 22.6 Å². The summed E-state index contributed by atoms with van der Waals surface area (Å²) in [6, 6.07) is 2.29. The number of aromatic amines is 1. The van der Waals surface area contributed by atoms with Crippen molar-refractivity contribution in [2.24, 2.45) is 0 Å². The van der Waals surface area contributed by atoms with E-state index in [-0.39, 0.29) is 0 Å². The van der Waals surface area contributed by atoms with Crippen LogP contribution in [-0.2, 0) is 6.18 Å². The molecule has 0 aliphatic carbocycles. The molecule has 2 aromatic rings. The number of aromatic nitrogens is 3. The second kappa shape index (κ2) is 4.04. The molecule has 2 rings (SSSR count). The summed E-state index contributed by atoms with van der Waals surface area (Å²) in [5.41, 5.74) is 0.222. The van der Waals surface area contributed by atoms with E-state index in [1.54, 1.807) is 6.20 Å². The van der Waals surface area contributed by atoms with Gasteiger partial charge >= 0.3 is 6.18 Å². The molecule has 84 valence electrons. The first-order valence-corrected chi connectivity index (χ1v) is 5.29. The molecule has 0 spiro atoms. The van der Waals surface area contributed by atoms with E-state index in [4.69, 9.17) is 0 Å². The van der Waals surface area contributed by atoms with Gasteiger partial charge in [0.25, 0.3) is 0 Å². The molecule has 0 aliphatic rings. The van der Waals surface area contributed by atoms with Gasteiger partial charge in [-0.2, -0.15) is 13.2 Å². The lowest BCUT2D eigenvalue weighted by atomic mass is 10.2. The van der Waals surface area contributed by atoms with E-state index >= 15 is 0 Å². The van der Waals surface area contributed by atoms with Crippen LogP contribution in [0.1, 0.15) is 5.69 Å². The Kier molecular flexibility index (Phi) is 2.87. The quantitative estimate of drug-likeness (QED) is 0.812. The van der Waals surface area contributed by atoms with Gasteiger partial charge < -0.3 is 4.98 Å². The molecule has 0 amide bonds. The third-order valence-corrected chi connectivity index (χ3v) is 2.45. The second-order valence-electron chi connectivity index (χ2n) is 3.01. The minimum absolute atomic E-state index is 0.548. The molecule has 7 heteroatoms. The molecule has 0 saturated heterocycles. The van der Waals surface area contributed by atoms with E-state index in [1.165, 1.54) is 6.07 Å². The van der Waals surface area contributed by atoms with E-state index in [0.717, 1.165) is 12.3 Å². The topological polar surface area (TPSA) is 41.6 Å². The highest BCUT2D eigenvalue weighted by Gasteiger charge is 2.32. The van der Waals surface area contributed by atoms with Crippen LogP contribution in [0, 0.1) is 3.83 Å². The molecular weight excluding hydrogens is 334 g/mol. The molecule has 0 atom stereocenters. The molecule has 0 aromatic carbocycles. The molecule has 0 bridgehead atoms. The minimum atomic E-state index is -4.40. The average molecular weight is 339 g/mol. The number of nitrogens with one attached hydrogen (secondary N) is 1. The Hall–Kier alpha value is -1.12. The van der Waals surface area contributed by atoms with Crippen LogP contribution in [0.2, 0.25) is 0 Å². The van der Waals surface area contributed by atoms with Gasteiger partial charge in [0.2, 0.25) is 0 Å². The van der Waals surface area contributed by atoms with Crippen molar-refractivity contribution in [3.05, 3.63) is 34.1 Å². The van der Waals surface area contributed by atoms with Gasteiger partial charge in [0.05, 0.1) is 5.69 Å². The van der Waals surface area contributed by atoms with Crippen LogP contribution in [-0.4, -0.2) is 15.0 Å². The number of H-pyrrole nitrogens is 1. The zero-order chi connectivity index (χ0) is 11.8. The van der Waals surface area contributed by atoms with Crippen molar-refractivity contribution in [1.82, 2.24) is 15.0 Å². The summed E-state index contributed by atoms with van der Waals surface area (Å²) >= 11 is 1.98. The fourth-order valence-corrected chi connectivity index (χ4v) is 1.57. The predicted molar refractivity (Wildman–Crippen MR) is 59.5 cm³/mol. The van der Waals surface area contributed by atoms with Gasteiger partial charge in [-0.05, 0) is 34.7 Å². The van der Waals surface area contributed by atoms with Gasteiger partial charge in [0, 0.05) is 18.0 Å². The minimum Gasteiger partial charge on any atom is -0.339 e. The summed E-state index contributed by atoms with van der Waals surface area (Å²) in [5, 5.41) is 0. The van der Waals surface area contributed by atoms with Gasteiger partial charge in [-0.3, -0.25) is 4.98 Å². The maximum atomic E-state index is 12.2. The first kappa shape index (κ1) is 11.4. The summed E-state index contributed by atoms with van der Waals surface area (Å²) in [4.78, 5) is 10.3. The highest BCUT2D eigenvalue weighted by Crippen LogP contribution is 2.28. The van der Waals surface area contributed by atoms with Crippen molar-refractivity contribution in [1.29, 1.82) is 0 Å². The number of hydrogen-bond donors (Lipinski definition) is 1. The van der Waals surface area contributed by atoms with Crippen LogP contribution in [0.15, 0.2) is 24.5 Å². The molecular formula is C9H5F3IN3. The Morgan fingerprint density at radius 1 is 1.25 bits per heavy atom. The maximum Gasteiger partial charge on any atom is 0.433 e. The number of imidazole rings is 1. The summed E-state index contributed by atoms with van der Waals surface area (Å²) in [6.45, 7) is 0. The number of alkyl halides is 3. The molecule has 1 N–H and O–H groups in total. The van der Waals surface area contributed by atoms with Gasteiger partial charge in [-0.1, -0.05) is 0 Å². The van der Waals surface area contributed by atoms with E-state index in [9.17, 15) is 13.2 Å². The Balaban J connectivity index is 2.33. The Labute approximate surface area is 102 Å². The van der Waals surface area contributed by atoms with Gasteiger partial charge in [0.1, 0.15) is 5.69 Å². The molecule has 0 saturated carbocycles. The molecule has 0 radical (unpaired) electrons. The zero-order valence-corrected chi connectivity index (χ0v) is 9.87. The maximum absolute atomic E-state index is 12.2. The average Bonchev–Trinajstić information content (AvgIpc) is 2.64. The third-order valence-electron chi connectivity index (χ3n) is 1.90. The first-order chi connectivity index (χ1) is 7.47. The standard InChI is InChI=1S/C9H5F3IN3/c10-9(11,12)7-2-1-5(3-14-7)6-4-15-8(13)16-6/h1-4H,(H,15,16). The summed E-state index contributed by atoms with van der Waals surface area (Å²) in [6.07, 6.45) is -1.63. The number of rotatable bonds is 1. The normalized spacial score (nSPS) is 11.8. The van der Waals surface area contributed by atoms with E-state index < -0.39 is 11.9 Å². The molecule has 0 fully saturated rings. The summed E-state index contributed by atoms with van der Waals surface area (Å²) in [5.74, 6) is 0. The summed E-state index contributed by atoms with van der Waals surface area (Å²) < 4.78 is 37.4. The van der Waals surface area contributed by atoms with E-state index in [1.807, 2.05) is 22.6 Å². The lowest BCUT2D eigenvalue weighted by Crippen LogP contribution is -2.07. The predicted octanol–water partition coefficient (Wildman–Crippen LogP) is 3.10. The molecule has 3 nitrogen and oxygen atoms in total.